The molecule has 15 heavy (non-hydrogen) atoms. The summed E-state index contributed by atoms with van der Waals surface area (Å²) in [6.07, 6.45) is 4.46. The molecule has 1 aliphatic carbocycles. The molecule has 2 rings (SSSR count). The zero-order valence-corrected chi connectivity index (χ0v) is 9.12. The van der Waals surface area contributed by atoms with E-state index in [-0.39, 0.29) is 0 Å². The molecule has 1 aromatic rings. The predicted molar refractivity (Wildman–Crippen MR) is 58.4 cm³/mol. The standard InChI is InChI=1S/C11H17N3O/c1-2-15-7-10-13-9-6-4-3-5-8(9)11(12)14-10/h2-7H2,1H3,(H2,12,13,14). The van der Waals surface area contributed by atoms with E-state index in [1.54, 1.807) is 0 Å². The van der Waals surface area contributed by atoms with Crippen LogP contribution in [0.3, 0.4) is 0 Å². The largest absolute Gasteiger partial charge is 0.383 e. The van der Waals surface area contributed by atoms with Crippen LogP contribution in [0.15, 0.2) is 0 Å². The van der Waals surface area contributed by atoms with Gasteiger partial charge in [0.15, 0.2) is 5.82 Å². The van der Waals surface area contributed by atoms with Crippen LogP contribution in [-0.2, 0) is 24.2 Å². The van der Waals surface area contributed by atoms with Crippen LogP contribution >= 0.6 is 0 Å². The summed E-state index contributed by atoms with van der Waals surface area (Å²) < 4.78 is 5.29. The molecule has 82 valence electrons. The molecule has 0 bridgehead atoms. The molecule has 0 fully saturated rings. The van der Waals surface area contributed by atoms with E-state index in [1.165, 1.54) is 12.8 Å². The highest BCUT2D eigenvalue weighted by Gasteiger charge is 2.15. The average Bonchev–Trinajstić information content (AvgIpc) is 2.26. The van der Waals surface area contributed by atoms with Gasteiger partial charge in [0.05, 0.1) is 0 Å². The normalized spacial score (nSPS) is 15.0. The van der Waals surface area contributed by atoms with E-state index < -0.39 is 0 Å². The molecule has 0 aromatic carbocycles. The fourth-order valence-electron chi connectivity index (χ4n) is 1.93. The lowest BCUT2D eigenvalue weighted by molar-refractivity contribution is 0.128. The van der Waals surface area contributed by atoms with E-state index in [9.17, 15) is 0 Å². The number of ether oxygens (including phenoxy) is 1. The Bertz CT molecular complexity index is 352. The summed E-state index contributed by atoms with van der Waals surface area (Å²) >= 11 is 0. The Morgan fingerprint density at radius 3 is 2.87 bits per heavy atom. The average molecular weight is 207 g/mol. The third-order valence-corrected chi connectivity index (χ3v) is 2.70. The van der Waals surface area contributed by atoms with Gasteiger partial charge in [-0.1, -0.05) is 0 Å². The summed E-state index contributed by atoms with van der Waals surface area (Å²) in [7, 11) is 0. The van der Waals surface area contributed by atoms with Crippen LogP contribution in [0.5, 0.6) is 0 Å². The monoisotopic (exact) mass is 207 g/mol. The Morgan fingerprint density at radius 2 is 2.07 bits per heavy atom. The minimum absolute atomic E-state index is 0.466. The lowest BCUT2D eigenvalue weighted by atomic mass is 9.96. The minimum Gasteiger partial charge on any atom is -0.383 e. The fraction of sp³-hybridized carbons (Fsp3) is 0.636. The number of nitrogens with two attached hydrogens (primary N) is 1. The molecule has 0 aliphatic heterocycles. The third-order valence-electron chi connectivity index (χ3n) is 2.70. The molecule has 1 aliphatic rings. The minimum atomic E-state index is 0.466. The number of aromatic nitrogens is 2. The van der Waals surface area contributed by atoms with Gasteiger partial charge in [0.25, 0.3) is 0 Å². The number of hydrogen-bond acceptors (Lipinski definition) is 4. The summed E-state index contributed by atoms with van der Waals surface area (Å²) in [4.78, 5) is 8.76. The van der Waals surface area contributed by atoms with Crippen LogP contribution in [0.2, 0.25) is 0 Å². The third kappa shape index (κ3) is 2.26. The van der Waals surface area contributed by atoms with Gasteiger partial charge in [0.2, 0.25) is 0 Å². The first-order chi connectivity index (χ1) is 7.31. The summed E-state index contributed by atoms with van der Waals surface area (Å²) in [6, 6.07) is 0. The molecule has 4 nitrogen and oxygen atoms in total. The number of hydrogen-bond donors (Lipinski definition) is 1. The first-order valence-electron chi connectivity index (χ1n) is 5.53. The van der Waals surface area contributed by atoms with Gasteiger partial charge in [-0.2, -0.15) is 0 Å². The molecule has 1 heterocycles. The van der Waals surface area contributed by atoms with Crippen LogP contribution in [0.1, 0.15) is 36.8 Å². The molecule has 4 heteroatoms. The number of nitrogens with zero attached hydrogens (tertiary/aromatic N) is 2. The Hall–Kier alpha value is -1.16. The van der Waals surface area contributed by atoms with E-state index in [1.807, 2.05) is 6.92 Å². The van der Waals surface area contributed by atoms with Crippen molar-refractivity contribution < 1.29 is 4.74 Å². The maximum atomic E-state index is 5.91. The summed E-state index contributed by atoms with van der Waals surface area (Å²) in [5.41, 5.74) is 8.19. The highest BCUT2D eigenvalue weighted by Crippen LogP contribution is 2.23. The van der Waals surface area contributed by atoms with E-state index in [0.29, 0.717) is 19.0 Å². The van der Waals surface area contributed by atoms with Crippen molar-refractivity contribution in [1.82, 2.24) is 9.97 Å². The zero-order valence-electron chi connectivity index (χ0n) is 9.12. The maximum absolute atomic E-state index is 5.91. The smallest absolute Gasteiger partial charge is 0.156 e. The maximum Gasteiger partial charge on any atom is 0.156 e. The Balaban J connectivity index is 2.24. The van der Waals surface area contributed by atoms with Crippen molar-refractivity contribution in [3.63, 3.8) is 0 Å². The van der Waals surface area contributed by atoms with Crippen LogP contribution < -0.4 is 5.73 Å². The van der Waals surface area contributed by atoms with Crippen molar-refractivity contribution in [2.24, 2.45) is 0 Å². The molecule has 0 unspecified atom stereocenters. The molecular weight excluding hydrogens is 190 g/mol. The number of aryl methyl sites for hydroxylation is 1. The Morgan fingerprint density at radius 1 is 1.27 bits per heavy atom. The molecule has 2 N–H and O–H groups in total. The van der Waals surface area contributed by atoms with Gasteiger partial charge >= 0.3 is 0 Å². The van der Waals surface area contributed by atoms with E-state index in [4.69, 9.17) is 10.5 Å². The highest BCUT2D eigenvalue weighted by molar-refractivity contribution is 5.43. The topological polar surface area (TPSA) is 61.0 Å². The van der Waals surface area contributed by atoms with Gasteiger partial charge in [-0.15, -0.1) is 0 Å². The van der Waals surface area contributed by atoms with Crippen molar-refractivity contribution in [3.05, 3.63) is 17.1 Å². The van der Waals surface area contributed by atoms with Gasteiger partial charge in [0, 0.05) is 17.9 Å². The van der Waals surface area contributed by atoms with E-state index >= 15 is 0 Å². The van der Waals surface area contributed by atoms with Gasteiger partial charge in [0.1, 0.15) is 12.4 Å². The molecule has 0 spiro atoms. The highest BCUT2D eigenvalue weighted by atomic mass is 16.5. The molecule has 0 radical (unpaired) electrons. The van der Waals surface area contributed by atoms with Crippen molar-refractivity contribution in [2.45, 2.75) is 39.2 Å². The number of anilines is 1. The summed E-state index contributed by atoms with van der Waals surface area (Å²) in [5.74, 6) is 1.37. The van der Waals surface area contributed by atoms with Crippen molar-refractivity contribution >= 4 is 5.82 Å². The second kappa shape index (κ2) is 4.57. The number of nitrogen functional groups attached to an aromatic ring is 1. The van der Waals surface area contributed by atoms with Gasteiger partial charge in [-0.3, -0.25) is 0 Å². The molecule has 0 saturated heterocycles. The number of rotatable bonds is 3. The van der Waals surface area contributed by atoms with Gasteiger partial charge in [-0.05, 0) is 32.6 Å². The second-order valence-corrected chi connectivity index (χ2v) is 3.79. The van der Waals surface area contributed by atoms with Crippen molar-refractivity contribution in [3.8, 4) is 0 Å². The SMILES string of the molecule is CCOCc1nc(N)c2c(n1)CCCC2. The summed E-state index contributed by atoms with van der Waals surface area (Å²) in [5, 5.41) is 0. The zero-order chi connectivity index (χ0) is 10.7. The number of fused-ring (bicyclic) bond motifs is 1. The Kier molecular flexibility index (Phi) is 3.16. The van der Waals surface area contributed by atoms with Crippen molar-refractivity contribution in [2.75, 3.05) is 12.3 Å². The fourth-order valence-corrected chi connectivity index (χ4v) is 1.93. The molecule has 0 atom stereocenters. The molecule has 0 amide bonds. The lowest BCUT2D eigenvalue weighted by Crippen LogP contribution is -2.13. The van der Waals surface area contributed by atoms with Gasteiger partial charge in [-0.25, -0.2) is 9.97 Å². The van der Waals surface area contributed by atoms with E-state index in [0.717, 1.165) is 29.9 Å². The van der Waals surface area contributed by atoms with E-state index in [2.05, 4.69) is 9.97 Å². The summed E-state index contributed by atoms with van der Waals surface area (Å²) in [6.45, 7) is 3.11. The lowest BCUT2D eigenvalue weighted by Gasteiger charge is -2.16. The van der Waals surface area contributed by atoms with Crippen LogP contribution in [0, 0.1) is 0 Å². The van der Waals surface area contributed by atoms with Gasteiger partial charge < -0.3 is 10.5 Å². The van der Waals surface area contributed by atoms with Crippen molar-refractivity contribution in [1.29, 1.82) is 0 Å². The first kappa shape index (κ1) is 10.4. The van der Waals surface area contributed by atoms with Crippen LogP contribution in [0.25, 0.3) is 0 Å². The first-order valence-corrected chi connectivity index (χ1v) is 5.53. The Labute approximate surface area is 89.9 Å². The molecule has 0 saturated carbocycles. The quantitative estimate of drug-likeness (QED) is 0.815. The molecular formula is C11H17N3O. The second-order valence-electron chi connectivity index (χ2n) is 3.79. The molecule has 1 aromatic heterocycles. The van der Waals surface area contributed by atoms with Crippen LogP contribution in [0.4, 0.5) is 5.82 Å². The van der Waals surface area contributed by atoms with Crippen LogP contribution in [-0.4, -0.2) is 16.6 Å². The predicted octanol–water partition coefficient (Wildman–Crippen LogP) is 1.47.